The van der Waals surface area contributed by atoms with Crippen LogP contribution in [0.25, 0.3) is 0 Å². The van der Waals surface area contributed by atoms with Crippen molar-refractivity contribution in [3.8, 4) is 0 Å². The van der Waals surface area contributed by atoms with Crippen LogP contribution in [0.15, 0.2) is 6.33 Å². The number of aromatic nitrogens is 2. The average Bonchev–Trinajstić information content (AvgIpc) is 2.29. The van der Waals surface area contributed by atoms with Crippen LogP contribution in [-0.2, 0) is 17.0 Å². The fraction of sp³-hybridized carbons (Fsp3) is 0.500. The zero-order valence-corrected chi connectivity index (χ0v) is 9.59. The van der Waals surface area contributed by atoms with Gasteiger partial charge in [-0.15, -0.1) is 0 Å². The standard InChI is InChI=1S/C10H13N3O2S/c14-9(15)1-3-11-10-7-5-16-4-2-8(7)12-6-13-10/h6H,1-5H2,(H,14,15)(H,11,12,13). The number of carboxylic acids is 1. The molecule has 0 fully saturated rings. The van der Waals surface area contributed by atoms with Gasteiger partial charge >= 0.3 is 5.97 Å². The quantitative estimate of drug-likeness (QED) is 0.821. The number of carboxylic acid groups (broad SMARTS) is 1. The second-order valence-electron chi connectivity index (χ2n) is 3.52. The largest absolute Gasteiger partial charge is 0.481 e. The number of fused-ring (bicyclic) bond motifs is 1. The van der Waals surface area contributed by atoms with Gasteiger partial charge in [0.2, 0.25) is 0 Å². The number of hydrogen-bond acceptors (Lipinski definition) is 5. The highest BCUT2D eigenvalue weighted by Crippen LogP contribution is 2.27. The van der Waals surface area contributed by atoms with Gasteiger partial charge in [0, 0.05) is 17.9 Å². The van der Waals surface area contributed by atoms with Crippen molar-refractivity contribution in [3.05, 3.63) is 17.6 Å². The minimum atomic E-state index is -0.801. The molecule has 2 heterocycles. The van der Waals surface area contributed by atoms with E-state index in [0.717, 1.165) is 35.0 Å². The first-order valence-corrected chi connectivity index (χ1v) is 6.29. The Bertz CT molecular complexity index is 398. The first-order chi connectivity index (χ1) is 7.77. The first-order valence-electron chi connectivity index (χ1n) is 5.13. The first kappa shape index (κ1) is 11.2. The second-order valence-corrected chi connectivity index (χ2v) is 4.63. The molecule has 16 heavy (non-hydrogen) atoms. The minimum Gasteiger partial charge on any atom is -0.481 e. The van der Waals surface area contributed by atoms with Gasteiger partial charge < -0.3 is 10.4 Å². The molecule has 2 N–H and O–H groups in total. The number of nitrogens with one attached hydrogen (secondary N) is 1. The molecule has 0 radical (unpaired) electrons. The molecule has 2 rings (SSSR count). The Morgan fingerprint density at radius 3 is 3.25 bits per heavy atom. The lowest BCUT2D eigenvalue weighted by molar-refractivity contribution is -0.136. The number of thioether (sulfide) groups is 1. The van der Waals surface area contributed by atoms with E-state index in [0.29, 0.717) is 6.54 Å². The summed E-state index contributed by atoms with van der Waals surface area (Å²) in [6.07, 6.45) is 2.61. The van der Waals surface area contributed by atoms with E-state index >= 15 is 0 Å². The van der Waals surface area contributed by atoms with Crippen LogP contribution < -0.4 is 5.32 Å². The Morgan fingerprint density at radius 1 is 1.56 bits per heavy atom. The number of aliphatic carboxylic acids is 1. The van der Waals surface area contributed by atoms with Gasteiger partial charge in [0.05, 0.1) is 12.1 Å². The molecule has 0 amide bonds. The Hall–Kier alpha value is -1.30. The Morgan fingerprint density at radius 2 is 2.44 bits per heavy atom. The van der Waals surface area contributed by atoms with Gasteiger partial charge in [-0.2, -0.15) is 11.8 Å². The van der Waals surface area contributed by atoms with E-state index in [1.54, 1.807) is 0 Å². The van der Waals surface area contributed by atoms with Gasteiger partial charge in [-0.05, 0) is 12.2 Å². The van der Waals surface area contributed by atoms with Crippen LogP contribution >= 0.6 is 11.8 Å². The van der Waals surface area contributed by atoms with E-state index < -0.39 is 5.97 Å². The summed E-state index contributed by atoms with van der Waals surface area (Å²) in [5, 5.41) is 11.6. The molecule has 0 bridgehead atoms. The number of anilines is 1. The van der Waals surface area contributed by atoms with Crippen molar-refractivity contribution in [2.75, 3.05) is 17.6 Å². The third kappa shape index (κ3) is 2.63. The minimum absolute atomic E-state index is 0.103. The molecule has 86 valence electrons. The van der Waals surface area contributed by atoms with E-state index in [1.165, 1.54) is 6.33 Å². The maximum absolute atomic E-state index is 10.4. The third-order valence-electron chi connectivity index (χ3n) is 2.40. The summed E-state index contributed by atoms with van der Waals surface area (Å²) >= 11 is 1.86. The van der Waals surface area contributed by atoms with E-state index in [1.807, 2.05) is 11.8 Å². The van der Waals surface area contributed by atoms with Crippen LogP contribution in [0.1, 0.15) is 17.7 Å². The Labute approximate surface area is 97.7 Å². The van der Waals surface area contributed by atoms with E-state index in [9.17, 15) is 4.79 Å². The predicted octanol–water partition coefficient (Wildman–Crippen LogP) is 1.15. The molecule has 0 aliphatic carbocycles. The molecule has 1 aliphatic rings. The van der Waals surface area contributed by atoms with Crippen molar-refractivity contribution in [2.45, 2.75) is 18.6 Å². The summed E-state index contributed by atoms with van der Waals surface area (Å²) in [5.41, 5.74) is 2.22. The van der Waals surface area contributed by atoms with Crippen LogP contribution in [0.4, 0.5) is 5.82 Å². The van der Waals surface area contributed by atoms with Crippen molar-refractivity contribution in [2.24, 2.45) is 0 Å². The van der Waals surface area contributed by atoms with Crippen molar-refractivity contribution in [1.29, 1.82) is 0 Å². The molecule has 0 saturated carbocycles. The lowest BCUT2D eigenvalue weighted by Crippen LogP contribution is -2.14. The van der Waals surface area contributed by atoms with Crippen LogP contribution in [-0.4, -0.2) is 33.3 Å². The van der Waals surface area contributed by atoms with E-state index in [2.05, 4.69) is 15.3 Å². The SMILES string of the molecule is O=C(O)CCNc1ncnc2c1CSCC2. The molecule has 0 saturated heterocycles. The highest BCUT2D eigenvalue weighted by Gasteiger charge is 2.15. The molecule has 6 heteroatoms. The van der Waals surface area contributed by atoms with Crippen LogP contribution in [0.5, 0.6) is 0 Å². The van der Waals surface area contributed by atoms with Crippen molar-refractivity contribution in [1.82, 2.24) is 9.97 Å². The summed E-state index contributed by atoms with van der Waals surface area (Å²) < 4.78 is 0. The van der Waals surface area contributed by atoms with Gasteiger partial charge in [-0.25, -0.2) is 9.97 Å². The van der Waals surface area contributed by atoms with Crippen molar-refractivity contribution < 1.29 is 9.90 Å². The Balaban J connectivity index is 2.05. The van der Waals surface area contributed by atoms with Crippen LogP contribution in [0.3, 0.4) is 0 Å². The fourth-order valence-corrected chi connectivity index (χ4v) is 2.59. The smallest absolute Gasteiger partial charge is 0.305 e. The average molecular weight is 239 g/mol. The lowest BCUT2D eigenvalue weighted by atomic mass is 10.2. The fourth-order valence-electron chi connectivity index (χ4n) is 1.60. The van der Waals surface area contributed by atoms with Crippen LogP contribution in [0.2, 0.25) is 0 Å². The Kier molecular flexibility index (Phi) is 3.61. The van der Waals surface area contributed by atoms with Gasteiger partial charge in [0.25, 0.3) is 0 Å². The molecular weight excluding hydrogens is 226 g/mol. The molecule has 0 atom stereocenters. The third-order valence-corrected chi connectivity index (χ3v) is 3.38. The van der Waals surface area contributed by atoms with Gasteiger partial charge in [0.15, 0.2) is 0 Å². The van der Waals surface area contributed by atoms with Crippen LogP contribution in [0, 0.1) is 0 Å². The van der Waals surface area contributed by atoms with Gasteiger partial charge in [-0.1, -0.05) is 0 Å². The number of carbonyl (C=O) groups is 1. The predicted molar refractivity (Wildman–Crippen MR) is 62.6 cm³/mol. The summed E-state index contributed by atoms with van der Waals surface area (Å²) in [5.74, 6) is 1.99. The molecule has 1 aromatic rings. The highest BCUT2D eigenvalue weighted by atomic mass is 32.2. The molecule has 0 aromatic carbocycles. The molecule has 0 unspecified atom stereocenters. The summed E-state index contributed by atoms with van der Waals surface area (Å²) in [4.78, 5) is 18.8. The summed E-state index contributed by atoms with van der Waals surface area (Å²) in [7, 11) is 0. The zero-order chi connectivity index (χ0) is 11.4. The zero-order valence-electron chi connectivity index (χ0n) is 8.77. The maximum Gasteiger partial charge on any atom is 0.305 e. The number of hydrogen-bond donors (Lipinski definition) is 2. The maximum atomic E-state index is 10.4. The normalized spacial score (nSPS) is 14.2. The molecule has 1 aromatic heterocycles. The topological polar surface area (TPSA) is 75.1 Å². The van der Waals surface area contributed by atoms with Gasteiger partial charge in [0.1, 0.15) is 12.1 Å². The van der Waals surface area contributed by atoms with Crippen molar-refractivity contribution in [3.63, 3.8) is 0 Å². The molecular formula is C10H13N3O2S. The van der Waals surface area contributed by atoms with E-state index in [4.69, 9.17) is 5.11 Å². The number of nitrogens with zero attached hydrogens (tertiary/aromatic N) is 2. The lowest BCUT2D eigenvalue weighted by Gasteiger charge is -2.17. The molecule has 1 aliphatic heterocycles. The van der Waals surface area contributed by atoms with Crippen molar-refractivity contribution >= 4 is 23.5 Å². The highest BCUT2D eigenvalue weighted by molar-refractivity contribution is 7.98. The molecule has 5 nitrogen and oxygen atoms in total. The van der Waals surface area contributed by atoms with E-state index in [-0.39, 0.29) is 6.42 Å². The summed E-state index contributed by atoms with van der Waals surface area (Å²) in [6.45, 7) is 0.406. The van der Waals surface area contributed by atoms with Gasteiger partial charge in [-0.3, -0.25) is 4.79 Å². The molecule has 0 spiro atoms. The monoisotopic (exact) mass is 239 g/mol. The number of rotatable bonds is 4. The second kappa shape index (κ2) is 5.16. The summed E-state index contributed by atoms with van der Waals surface area (Å²) in [6, 6.07) is 0. The number of aryl methyl sites for hydroxylation is 1.